The molecule has 0 aliphatic heterocycles. The van der Waals surface area contributed by atoms with Crippen LogP contribution in [0.4, 0.5) is 0 Å². The predicted octanol–water partition coefficient (Wildman–Crippen LogP) is 1.38. The van der Waals surface area contributed by atoms with E-state index in [0.29, 0.717) is 29.7 Å². The molecule has 1 fully saturated rings. The Morgan fingerprint density at radius 3 is 2.81 bits per heavy atom. The Labute approximate surface area is 90.7 Å². The van der Waals surface area contributed by atoms with Crippen LogP contribution in [0.3, 0.4) is 0 Å². The van der Waals surface area contributed by atoms with Gasteiger partial charge in [0.05, 0.1) is 11.0 Å². The highest BCUT2D eigenvalue weighted by atomic mass is 16.4. The lowest BCUT2D eigenvalue weighted by Gasteiger charge is -2.03. The van der Waals surface area contributed by atoms with Crippen LogP contribution in [0, 0.1) is 0 Å². The minimum absolute atomic E-state index is 0.142. The summed E-state index contributed by atoms with van der Waals surface area (Å²) in [5.74, 6) is -0.209. The first-order valence-corrected chi connectivity index (χ1v) is 5.04. The maximum Gasteiger partial charge on any atom is 0.317 e. The number of nitrogens with zero attached hydrogens (tertiary/aromatic N) is 1. The standard InChI is InChI=1S/C11H10N2O3/c14-6-1-2-7-8(5-6)13-9(12-7)11(3-4-11)10(15)16/h1-2,5,14H,3-4H2,(H,12,13)(H,15,16). The van der Waals surface area contributed by atoms with Gasteiger partial charge in [-0.1, -0.05) is 0 Å². The number of H-pyrrole nitrogens is 1. The van der Waals surface area contributed by atoms with Gasteiger partial charge in [-0.2, -0.15) is 0 Å². The molecule has 0 unspecified atom stereocenters. The molecule has 82 valence electrons. The fourth-order valence-electron chi connectivity index (χ4n) is 1.90. The van der Waals surface area contributed by atoms with Crippen LogP contribution in [-0.4, -0.2) is 26.2 Å². The van der Waals surface area contributed by atoms with Crippen LogP contribution in [0.2, 0.25) is 0 Å². The Kier molecular flexibility index (Phi) is 1.58. The quantitative estimate of drug-likeness (QED) is 0.710. The van der Waals surface area contributed by atoms with E-state index in [9.17, 15) is 9.90 Å². The molecule has 1 aliphatic carbocycles. The molecule has 0 atom stereocenters. The lowest BCUT2D eigenvalue weighted by molar-refractivity contribution is -0.140. The number of aromatic hydroxyl groups is 1. The lowest BCUT2D eigenvalue weighted by atomic mass is 10.1. The number of nitrogens with one attached hydrogen (secondary N) is 1. The molecule has 1 saturated carbocycles. The third-order valence-corrected chi connectivity index (χ3v) is 3.08. The Bertz CT molecular complexity index is 584. The highest BCUT2D eigenvalue weighted by Crippen LogP contribution is 2.47. The molecule has 1 aromatic carbocycles. The van der Waals surface area contributed by atoms with Crippen molar-refractivity contribution in [1.29, 1.82) is 0 Å². The fourth-order valence-corrected chi connectivity index (χ4v) is 1.90. The fraction of sp³-hybridized carbons (Fsp3) is 0.273. The smallest absolute Gasteiger partial charge is 0.317 e. The number of fused-ring (bicyclic) bond motifs is 1. The Morgan fingerprint density at radius 2 is 2.19 bits per heavy atom. The molecule has 3 rings (SSSR count). The first kappa shape index (κ1) is 9.21. The van der Waals surface area contributed by atoms with E-state index < -0.39 is 11.4 Å². The summed E-state index contributed by atoms with van der Waals surface area (Å²) in [4.78, 5) is 18.3. The molecule has 1 aliphatic rings. The van der Waals surface area contributed by atoms with E-state index >= 15 is 0 Å². The van der Waals surface area contributed by atoms with E-state index in [2.05, 4.69) is 9.97 Å². The number of carboxylic acids is 1. The molecule has 0 amide bonds. The highest BCUT2D eigenvalue weighted by Gasteiger charge is 2.54. The molecule has 3 N–H and O–H groups in total. The first-order valence-electron chi connectivity index (χ1n) is 5.04. The molecule has 5 nitrogen and oxygen atoms in total. The number of aliphatic carboxylic acids is 1. The average molecular weight is 218 g/mol. The molecule has 1 aromatic heterocycles. The topological polar surface area (TPSA) is 86.2 Å². The van der Waals surface area contributed by atoms with E-state index in [-0.39, 0.29) is 5.75 Å². The van der Waals surface area contributed by atoms with Gasteiger partial charge in [0.15, 0.2) is 0 Å². The maximum absolute atomic E-state index is 11.1. The van der Waals surface area contributed by atoms with Crippen LogP contribution in [0.25, 0.3) is 11.0 Å². The molecule has 0 saturated heterocycles. The number of imidazole rings is 1. The van der Waals surface area contributed by atoms with Crippen LogP contribution in [-0.2, 0) is 10.2 Å². The van der Waals surface area contributed by atoms with Gasteiger partial charge in [-0.05, 0) is 25.0 Å². The maximum atomic E-state index is 11.1. The highest BCUT2D eigenvalue weighted by molar-refractivity contribution is 5.86. The average Bonchev–Trinajstić information content (AvgIpc) is 2.94. The van der Waals surface area contributed by atoms with Crippen molar-refractivity contribution >= 4 is 17.0 Å². The molecule has 2 aromatic rings. The second-order valence-corrected chi connectivity index (χ2v) is 4.17. The van der Waals surface area contributed by atoms with Crippen LogP contribution in [0.5, 0.6) is 5.75 Å². The first-order chi connectivity index (χ1) is 7.62. The van der Waals surface area contributed by atoms with E-state index in [1.807, 2.05) is 0 Å². The van der Waals surface area contributed by atoms with Gasteiger partial charge in [0, 0.05) is 6.07 Å². The monoisotopic (exact) mass is 218 g/mol. The summed E-state index contributed by atoms with van der Waals surface area (Å²) in [6.07, 6.45) is 1.24. The molecule has 1 heterocycles. The minimum atomic E-state index is -0.837. The van der Waals surface area contributed by atoms with Gasteiger partial charge in [-0.25, -0.2) is 4.98 Å². The number of benzene rings is 1. The van der Waals surface area contributed by atoms with Crippen molar-refractivity contribution in [3.63, 3.8) is 0 Å². The van der Waals surface area contributed by atoms with Crippen molar-refractivity contribution < 1.29 is 15.0 Å². The normalized spacial score (nSPS) is 17.5. The van der Waals surface area contributed by atoms with Gasteiger partial charge in [0.1, 0.15) is 17.0 Å². The van der Waals surface area contributed by atoms with Crippen LogP contribution < -0.4 is 0 Å². The largest absolute Gasteiger partial charge is 0.508 e. The van der Waals surface area contributed by atoms with Crippen molar-refractivity contribution in [3.05, 3.63) is 24.0 Å². The number of rotatable bonds is 2. The predicted molar refractivity (Wildman–Crippen MR) is 56.3 cm³/mol. The third kappa shape index (κ3) is 1.11. The Balaban J connectivity index is 2.16. The molecular weight excluding hydrogens is 208 g/mol. The number of hydrogen-bond donors (Lipinski definition) is 3. The van der Waals surface area contributed by atoms with Crippen molar-refractivity contribution in [3.8, 4) is 5.75 Å². The van der Waals surface area contributed by atoms with Gasteiger partial charge >= 0.3 is 5.97 Å². The number of carboxylic acid groups (broad SMARTS) is 1. The van der Waals surface area contributed by atoms with Crippen molar-refractivity contribution in [1.82, 2.24) is 9.97 Å². The number of phenols is 1. The molecule has 16 heavy (non-hydrogen) atoms. The summed E-state index contributed by atoms with van der Waals surface area (Å²) in [6.45, 7) is 0. The second-order valence-electron chi connectivity index (χ2n) is 4.17. The molecular formula is C11H10N2O3. The summed E-state index contributed by atoms with van der Waals surface area (Å²) in [7, 11) is 0. The lowest BCUT2D eigenvalue weighted by Crippen LogP contribution is -2.20. The number of aromatic amines is 1. The molecule has 5 heteroatoms. The number of aromatic nitrogens is 2. The number of carbonyl (C=O) groups is 1. The van der Waals surface area contributed by atoms with Crippen LogP contribution in [0.1, 0.15) is 18.7 Å². The van der Waals surface area contributed by atoms with E-state index in [1.165, 1.54) is 6.07 Å². The van der Waals surface area contributed by atoms with Gasteiger partial charge in [-0.3, -0.25) is 4.79 Å². The van der Waals surface area contributed by atoms with Crippen molar-refractivity contribution in [2.75, 3.05) is 0 Å². The van der Waals surface area contributed by atoms with Crippen LogP contribution >= 0.6 is 0 Å². The molecule has 0 bridgehead atoms. The van der Waals surface area contributed by atoms with Gasteiger partial charge in [0.25, 0.3) is 0 Å². The zero-order valence-corrected chi connectivity index (χ0v) is 8.40. The summed E-state index contributed by atoms with van der Waals surface area (Å²) in [5.41, 5.74) is 0.525. The Hall–Kier alpha value is -2.04. The van der Waals surface area contributed by atoms with Gasteiger partial charge in [-0.15, -0.1) is 0 Å². The summed E-state index contributed by atoms with van der Waals surface area (Å²) >= 11 is 0. The van der Waals surface area contributed by atoms with Gasteiger partial charge in [0.2, 0.25) is 0 Å². The zero-order valence-electron chi connectivity index (χ0n) is 8.40. The number of phenolic OH excluding ortho intramolecular Hbond substituents is 1. The third-order valence-electron chi connectivity index (χ3n) is 3.08. The molecule has 0 radical (unpaired) electrons. The SMILES string of the molecule is O=C(O)C1(c2nc3ccc(O)cc3[nH]2)CC1. The van der Waals surface area contributed by atoms with Crippen molar-refractivity contribution in [2.45, 2.75) is 18.3 Å². The summed E-state index contributed by atoms with van der Waals surface area (Å²) in [5, 5.41) is 18.4. The van der Waals surface area contributed by atoms with Crippen LogP contribution in [0.15, 0.2) is 18.2 Å². The minimum Gasteiger partial charge on any atom is -0.508 e. The number of hydrogen-bond acceptors (Lipinski definition) is 3. The van der Waals surface area contributed by atoms with Crippen molar-refractivity contribution in [2.24, 2.45) is 0 Å². The Morgan fingerprint density at radius 1 is 1.44 bits per heavy atom. The van der Waals surface area contributed by atoms with E-state index in [0.717, 1.165) is 0 Å². The van der Waals surface area contributed by atoms with E-state index in [4.69, 9.17) is 5.11 Å². The zero-order chi connectivity index (χ0) is 11.3. The second kappa shape index (κ2) is 2.75. The molecule has 0 spiro atoms. The van der Waals surface area contributed by atoms with E-state index in [1.54, 1.807) is 12.1 Å². The summed E-state index contributed by atoms with van der Waals surface area (Å²) < 4.78 is 0. The summed E-state index contributed by atoms with van der Waals surface area (Å²) in [6, 6.07) is 4.75. The van der Waals surface area contributed by atoms with Gasteiger partial charge < -0.3 is 15.2 Å².